The van der Waals surface area contributed by atoms with Crippen molar-refractivity contribution in [2.75, 3.05) is 37.9 Å². The Morgan fingerprint density at radius 3 is 2.48 bits per heavy atom. The van der Waals surface area contributed by atoms with Gasteiger partial charge in [-0.05, 0) is 63.3 Å². The number of hydrogen-bond donors (Lipinski definition) is 0. The molecule has 1 saturated heterocycles. The second-order valence-electron chi connectivity index (χ2n) is 13.7. The molecule has 4 aliphatic rings. The lowest BCUT2D eigenvalue weighted by Crippen LogP contribution is -2.56. The molecule has 0 N–H and O–H groups in total. The summed E-state index contributed by atoms with van der Waals surface area (Å²) in [5.41, 5.74) is 1.88. The molecule has 0 bridgehead atoms. The van der Waals surface area contributed by atoms with Gasteiger partial charge >= 0.3 is 6.09 Å². The van der Waals surface area contributed by atoms with Crippen LogP contribution in [0.1, 0.15) is 82.3 Å². The van der Waals surface area contributed by atoms with Gasteiger partial charge in [-0.3, -0.25) is 14.5 Å². The van der Waals surface area contributed by atoms with E-state index in [2.05, 4.69) is 20.8 Å². The Labute approximate surface area is 282 Å². The second-order valence-corrected chi connectivity index (χ2v) is 13.7. The van der Waals surface area contributed by atoms with Crippen LogP contribution in [0.25, 0.3) is 0 Å². The van der Waals surface area contributed by atoms with E-state index in [0.717, 1.165) is 18.4 Å². The topological polar surface area (TPSA) is 107 Å². The smallest absolute Gasteiger partial charge is 0.414 e. The van der Waals surface area contributed by atoms with Crippen molar-refractivity contribution in [3.8, 4) is 11.5 Å². The maximum absolute atomic E-state index is 14.7. The Morgan fingerprint density at radius 2 is 1.75 bits per heavy atom. The summed E-state index contributed by atoms with van der Waals surface area (Å²) in [6.07, 6.45) is 4.56. The quantitative estimate of drug-likeness (QED) is 0.343. The van der Waals surface area contributed by atoms with Gasteiger partial charge in [-0.15, -0.1) is 0 Å². The fourth-order valence-corrected chi connectivity index (χ4v) is 7.08. The van der Waals surface area contributed by atoms with Crippen LogP contribution < -0.4 is 14.4 Å². The van der Waals surface area contributed by atoms with E-state index in [9.17, 15) is 14.4 Å². The first-order chi connectivity index (χ1) is 23.1. The van der Waals surface area contributed by atoms with Gasteiger partial charge in [0, 0.05) is 36.8 Å². The molecule has 1 fully saturated rings. The number of hydrogen-bond acceptors (Lipinski definition) is 8. The van der Waals surface area contributed by atoms with Gasteiger partial charge in [-0.25, -0.2) is 4.79 Å². The van der Waals surface area contributed by atoms with Gasteiger partial charge < -0.3 is 33.5 Å². The van der Waals surface area contributed by atoms with Gasteiger partial charge in [0.2, 0.25) is 12.7 Å². The van der Waals surface area contributed by atoms with Crippen molar-refractivity contribution < 1.29 is 38.1 Å². The van der Waals surface area contributed by atoms with Gasteiger partial charge in [0.25, 0.3) is 5.91 Å². The Hall–Kier alpha value is -4.09. The summed E-state index contributed by atoms with van der Waals surface area (Å²) in [5.74, 6) is 0.0566. The van der Waals surface area contributed by atoms with Crippen LogP contribution in [0.3, 0.4) is 0 Å². The Balaban J connectivity index is 1.41. The third-order valence-electron chi connectivity index (χ3n) is 9.32. The lowest BCUT2D eigenvalue weighted by Gasteiger charge is -2.43. The summed E-state index contributed by atoms with van der Waals surface area (Å²) in [5, 5.41) is 0. The normalized spacial score (nSPS) is 26.0. The minimum atomic E-state index is -0.914. The van der Waals surface area contributed by atoms with Crippen LogP contribution in [0.5, 0.6) is 11.5 Å². The molecular weight excluding hydrogens is 614 g/mol. The number of amides is 3. The fraction of sp³-hybridized carbons (Fsp3) is 0.541. The molecule has 48 heavy (non-hydrogen) atoms. The van der Waals surface area contributed by atoms with E-state index in [1.807, 2.05) is 49.1 Å². The second kappa shape index (κ2) is 14.2. The van der Waals surface area contributed by atoms with Gasteiger partial charge in [0.05, 0.1) is 11.7 Å². The van der Waals surface area contributed by atoms with E-state index in [1.165, 1.54) is 0 Å². The van der Waals surface area contributed by atoms with Gasteiger partial charge in [-0.1, -0.05) is 51.5 Å². The molecule has 11 heteroatoms. The van der Waals surface area contributed by atoms with Crippen LogP contribution in [-0.4, -0.2) is 84.7 Å². The Kier molecular flexibility index (Phi) is 9.98. The van der Waals surface area contributed by atoms with Crippen molar-refractivity contribution in [3.63, 3.8) is 0 Å². The van der Waals surface area contributed by atoms with Crippen LogP contribution in [0.2, 0.25) is 0 Å². The van der Waals surface area contributed by atoms with Crippen molar-refractivity contribution in [1.29, 1.82) is 0 Å². The van der Waals surface area contributed by atoms with E-state index < -0.39 is 36.2 Å². The predicted molar refractivity (Wildman–Crippen MR) is 179 cm³/mol. The minimum absolute atomic E-state index is 0.0162. The molecule has 0 aromatic heterocycles. The van der Waals surface area contributed by atoms with Crippen LogP contribution in [-0.2, 0) is 19.0 Å². The maximum atomic E-state index is 14.7. The van der Waals surface area contributed by atoms with Crippen molar-refractivity contribution in [2.45, 2.75) is 90.4 Å². The molecule has 0 radical (unpaired) electrons. The molecule has 6 rings (SSSR count). The number of benzene rings is 2. The molecule has 11 nitrogen and oxygen atoms in total. The average Bonchev–Trinajstić information content (AvgIpc) is 3.66. The molecule has 4 aliphatic heterocycles. The van der Waals surface area contributed by atoms with Gasteiger partial charge in [0.15, 0.2) is 17.3 Å². The number of anilines is 1. The summed E-state index contributed by atoms with van der Waals surface area (Å²) in [6.45, 7) is 11.1. The predicted octanol–water partition coefficient (Wildman–Crippen LogP) is 6.08. The first-order valence-electron chi connectivity index (χ1n) is 17.1. The zero-order chi connectivity index (χ0) is 34.0. The number of carbonyl (C=O) groups is 3. The third-order valence-corrected chi connectivity index (χ3v) is 9.32. The first-order valence-corrected chi connectivity index (χ1v) is 17.1. The molecule has 0 unspecified atom stereocenters. The summed E-state index contributed by atoms with van der Waals surface area (Å²) >= 11 is 0. The Morgan fingerprint density at radius 1 is 1.00 bits per heavy atom. The summed E-state index contributed by atoms with van der Waals surface area (Å²) in [6, 6.07) is 11.5. The molecule has 0 saturated carbocycles. The van der Waals surface area contributed by atoms with Crippen molar-refractivity contribution >= 4 is 23.6 Å². The highest BCUT2D eigenvalue weighted by Gasteiger charge is 2.54. The molecule has 3 amide bonds. The zero-order valence-corrected chi connectivity index (χ0v) is 28.6. The highest BCUT2D eigenvalue weighted by molar-refractivity contribution is 5.98. The SMILES string of the molecule is CCCCN1CC[C@H]2[C@@H]3OC(C)(C)O[C@H]3c3cc4c(cc3N2C(=O)OC/C=C/CN(C(=O)c2ccccc2)[C@@H](CC(C)C)C1=O)OCO4. The zero-order valence-electron chi connectivity index (χ0n) is 28.6. The number of carbonyl (C=O) groups excluding carboxylic acids is 3. The van der Waals surface area contributed by atoms with Crippen molar-refractivity contribution in [3.05, 3.63) is 65.7 Å². The van der Waals surface area contributed by atoms with Crippen LogP contribution >= 0.6 is 0 Å². The molecule has 0 aliphatic carbocycles. The monoisotopic (exact) mass is 661 g/mol. The largest absolute Gasteiger partial charge is 0.454 e. The van der Waals surface area contributed by atoms with E-state index in [4.69, 9.17) is 23.7 Å². The van der Waals surface area contributed by atoms with Gasteiger partial charge in [-0.2, -0.15) is 0 Å². The number of unbranched alkanes of at least 4 members (excludes halogenated alkanes) is 1. The van der Waals surface area contributed by atoms with E-state index >= 15 is 0 Å². The number of nitrogens with zero attached hydrogens (tertiary/aromatic N) is 3. The third kappa shape index (κ3) is 6.89. The number of rotatable bonds is 6. The number of fused-ring (bicyclic) bond motifs is 7. The molecule has 4 atom stereocenters. The average molecular weight is 662 g/mol. The number of ether oxygens (including phenoxy) is 5. The molecular formula is C37H47N3O8. The summed E-state index contributed by atoms with van der Waals surface area (Å²) < 4.78 is 30.2. The lowest BCUT2D eigenvalue weighted by atomic mass is 9.88. The molecule has 0 spiro atoms. The highest BCUT2D eigenvalue weighted by atomic mass is 16.8. The van der Waals surface area contributed by atoms with Crippen LogP contribution in [0.15, 0.2) is 54.6 Å². The number of cyclic esters (lactones) is 1. The van der Waals surface area contributed by atoms with Gasteiger partial charge in [0.1, 0.15) is 24.9 Å². The van der Waals surface area contributed by atoms with Crippen LogP contribution in [0.4, 0.5) is 10.5 Å². The maximum Gasteiger partial charge on any atom is 0.414 e. The lowest BCUT2D eigenvalue weighted by molar-refractivity contribution is -0.148. The van der Waals surface area contributed by atoms with E-state index in [-0.39, 0.29) is 37.7 Å². The molecule has 258 valence electrons. The van der Waals surface area contributed by atoms with Crippen LogP contribution in [0, 0.1) is 5.92 Å². The summed E-state index contributed by atoms with van der Waals surface area (Å²) in [4.78, 5) is 47.9. The van der Waals surface area contributed by atoms with Crippen molar-refractivity contribution in [2.24, 2.45) is 5.92 Å². The summed E-state index contributed by atoms with van der Waals surface area (Å²) in [7, 11) is 0. The first kappa shape index (κ1) is 33.8. The molecule has 2 aromatic rings. The standard InChI is InChI=1S/C37H47N3O8/c1-6-7-16-38-18-15-27-33-32(47-37(4,5)48-33)26-21-30-31(46-23-45-30)22-28(26)40(27)36(43)44-19-12-11-17-39(29(35(38)42)20-24(2)3)34(41)25-13-9-8-10-14-25/h8-14,21-22,24,27,29,32-33H,6-7,15-20,23H2,1-5H3/b12-11+/t27-,29-,32-,33-/m0/s1. The van der Waals surface area contributed by atoms with Crippen molar-refractivity contribution in [1.82, 2.24) is 9.80 Å². The minimum Gasteiger partial charge on any atom is -0.454 e. The highest BCUT2D eigenvalue weighted by Crippen LogP contribution is 2.52. The van der Waals surface area contributed by atoms with E-state index in [0.29, 0.717) is 48.7 Å². The Bertz CT molecular complexity index is 1530. The fourth-order valence-electron chi connectivity index (χ4n) is 7.08. The molecule has 4 heterocycles. The van der Waals surface area contributed by atoms with E-state index in [1.54, 1.807) is 34.1 Å². The molecule has 2 aromatic carbocycles.